The molecule has 0 aliphatic rings. The van der Waals surface area contributed by atoms with E-state index in [0.717, 1.165) is 10.2 Å². The molecule has 0 aromatic heterocycles. The maximum atomic E-state index is 8.38. The van der Waals surface area contributed by atoms with E-state index in [-0.39, 0.29) is 12.3 Å². The van der Waals surface area contributed by atoms with Gasteiger partial charge in [0, 0.05) is 16.8 Å². The maximum absolute atomic E-state index is 8.38. The van der Waals surface area contributed by atoms with Gasteiger partial charge in [0.25, 0.3) is 0 Å². The number of aliphatic hydroxyl groups is 1. The van der Waals surface area contributed by atoms with Crippen molar-refractivity contribution in [2.45, 2.75) is 12.7 Å². The monoisotopic (exact) mass is 120 g/mol. The molecule has 0 saturated heterocycles. The molecule has 1 unspecified atom stereocenters. The quantitative estimate of drug-likeness (QED) is 0.469. The summed E-state index contributed by atoms with van der Waals surface area (Å²) in [6.07, 6.45) is 0. The fraction of sp³-hybridized carbons (Fsp3) is 1.00. The third-order valence-corrected chi connectivity index (χ3v) is 1.41. The molecule has 3 heteroatoms. The minimum Gasteiger partial charge on any atom is -0.394 e. The molecule has 0 heterocycles. The van der Waals surface area contributed by atoms with E-state index in [1.165, 1.54) is 0 Å². The molecule has 0 aliphatic carbocycles. The maximum Gasteiger partial charge on any atom is 0.0653 e. The summed E-state index contributed by atoms with van der Waals surface area (Å²) in [7, 11) is 0.927. The van der Waals surface area contributed by atoms with Crippen LogP contribution in [0.25, 0.3) is 0 Å². The molecule has 0 aliphatic heterocycles. The van der Waals surface area contributed by atoms with Crippen molar-refractivity contribution < 1.29 is 9.84 Å². The van der Waals surface area contributed by atoms with Crippen molar-refractivity contribution in [2.75, 3.05) is 13.2 Å². The molecule has 0 spiro atoms. The largest absolute Gasteiger partial charge is 0.394 e. The number of ether oxygens (including phenoxy) is 1. The van der Waals surface area contributed by atoms with Crippen LogP contribution in [-0.2, 0) is 4.74 Å². The smallest absolute Gasteiger partial charge is 0.0653 e. The molecule has 0 bridgehead atoms. The number of aliphatic hydroxyl groups excluding tert-OH is 1. The standard InChI is InChI=1S/C4H12O2Si/c1-2-6-4(7)3-5/h4-5H,2-3H2,1,7H3. The van der Waals surface area contributed by atoms with Crippen LogP contribution in [0.5, 0.6) is 0 Å². The minimum atomic E-state index is 0.144. The van der Waals surface area contributed by atoms with E-state index in [4.69, 9.17) is 9.84 Å². The molecule has 0 fully saturated rings. The zero-order valence-corrected chi connectivity index (χ0v) is 6.85. The van der Waals surface area contributed by atoms with Crippen molar-refractivity contribution in [3.63, 3.8) is 0 Å². The highest BCUT2D eigenvalue weighted by Crippen LogP contribution is 1.80. The topological polar surface area (TPSA) is 29.5 Å². The number of hydrogen-bond acceptors (Lipinski definition) is 2. The van der Waals surface area contributed by atoms with Crippen molar-refractivity contribution in [2.24, 2.45) is 0 Å². The summed E-state index contributed by atoms with van der Waals surface area (Å²) in [6, 6.07) is 0. The molecule has 0 amide bonds. The lowest BCUT2D eigenvalue weighted by Crippen LogP contribution is -2.16. The van der Waals surface area contributed by atoms with Crippen LogP contribution in [0.2, 0.25) is 0 Å². The highest BCUT2D eigenvalue weighted by Gasteiger charge is 1.93. The molecule has 0 rings (SSSR count). The van der Waals surface area contributed by atoms with E-state index in [1.54, 1.807) is 0 Å². The Balaban J connectivity index is 2.83. The summed E-state index contributed by atoms with van der Waals surface area (Å²) < 4.78 is 5.00. The number of rotatable bonds is 3. The lowest BCUT2D eigenvalue weighted by molar-refractivity contribution is 0.0719. The molecule has 1 N–H and O–H groups in total. The van der Waals surface area contributed by atoms with Gasteiger partial charge in [-0.2, -0.15) is 0 Å². The molecule has 44 valence electrons. The Morgan fingerprint density at radius 3 is 2.57 bits per heavy atom. The zero-order valence-electron chi connectivity index (χ0n) is 4.85. The van der Waals surface area contributed by atoms with E-state index >= 15 is 0 Å². The third kappa shape index (κ3) is 3.98. The Kier molecular flexibility index (Phi) is 4.38. The molecule has 1 atom stereocenters. The molecular formula is C4H12O2Si. The van der Waals surface area contributed by atoms with Gasteiger partial charge in [-0.3, -0.25) is 0 Å². The van der Waals surface area contributed by atoms with Crippen molar-refractivity contribution in [1.29, 1.82) is 0 Å². The van der Waals surface area contributed by atoms with Crippen LogP contribution >= 0.6 is 0 Å². The molecule has 0 aromatic carbocycles. The van der Waals surface area contributed by atoms with Crippen molar-refractivity contribution in [1.82, 2.24) is 0 Å². The summed E-state index contributed by atoms with van der Waals surface area (Å²) in [5, 5.41) is 8.38. The average molecular weight is 120 g/mol. The molecule has 0 radical (unpaired) electrons. The van der Waals surface area contributed by atoms with Gasteiger partial charge in [-0.05, 0) is 6.92 Å². The fourth-order valence-electron chi connectivity index (χ4n) is 0.337. The van der Waals surface area contributed by atoms with Crippen LogP contribution in [0.15, 0.2) is 0 Å². The summed E-state index contributed by atoms with van der Waals surface area (Å²) in [4.78, 5) is 0. The van der Waals surface area contributed by atoms with Crippen LogP contribution in [0, 0.1) is 0 Å². The second kappa shape index (κ2) is 4.30. The van der Waals surface area contributed by atoms with E-state index in [9.17, 15) is 0 Å². The van der Waals surface area contributed by atoms with Crippen LogP contribution in [-0.4, -0.2) is 34.3 Å². The van der Waals surface area contributed by atoms with Gasteiger partial charge in [0.15, 0.2) is 0 Å². The van der Waals surface area contributed by atoms with E-state index in [1.807, 2.05) is 6.92 Å². The highest BCUT2D eigenvalue weighted by atomic mass is 28.1. The van der Waals surface area contributed by atoms with Gasteiger partial charge in [0.1, 0.15) is 0 Å². The SMILES string of the molecule is CCOC([SiH3])CO. The van der Waals surface area contributed by atoms with Gasteiger partial charge < -0.3 is 9.84 Å². The summed E-state index contributed by atoms with van der Waals surface area (Å²) in [5.41, 5.74) is 0.144. The van der Waals surface area contributed by atoms with Gasteiger partial charge in [-0.25, -0.2) is 0 Å². The van der Waals surface area contributed by atoms with Gasteiger partial charge in [0.2, 0.25) is 0 Å². The van der Waals surface area contributed by atoms with Crippen LogP contribution in [0.4, 0.5) is 0 Å². The Morgan fingerprint density at radius 2 is 2.43 bits per heavy atom. The Morgan fingerprint density at radius 1 is 1.86 bits per heavy atom. The van der Waals surface area contributed by atoms with E-state index < -0.39 is 0 Å². The minimum absolute atomic E-state index is 0.144. The van der Waals surface area contributed by atoms with Crippen LogP contribution in [0.1, 0.15) is 6.92 Å². The predicted molar refractivity (Wildman–Crippen MR) is 32.4 cm³/mol. The first kappa shape index (κ1) is 7.14. The van der Waals surface area contributed by atoms with Crippen molar-refractivity contribution in [3.05, 3.63) is 0 Å². The fourth-order valence-corrected chi connectivity index (χ4v) is 0.671. The van der Waals surface area contributed by atoms with Crippen molar-refractivity contribution >= 4 is 10.2 Å². The molecule has 2 nitrogen and oxygen atoms in total. The molecule has 0 saturated carbocycles. The van der Waals surface area contributed by atoms with Gasteiger partial charge in [0.05, 0.1) is 12.3 Å². The summed E-state index contributed by atoms with van der Waals surface area (Å²) >= 11 is 0. The van der Waals surface area contributed by atoms with Crippen molar-refractivity contribution in [3.8, 4) is 0 Å². The zero-order chi connectivity index (χ0) is 5.70. The average Bonchev–Trinajstić information content (AvgIpc) is 1.68. The first-order chi connectivity index (χ1) is 3.31. The summed E-state index contributed by atoms with van der Waals surface area (Å²) in [5.74, 6) is 0. The normalized spacial score (nSPS) is 14.6. The Hall–Kier alpha value is 0.137. The summed E-state index contributed by atoms with van der Waals surface area (Å²) in [6.45, 7) is 2.83. The lowest BCUT2D eigenvalue weighted by Gasteiger charge is -2.05. The first-order valence-corrected chi connectivity index (χ1v) is 3.69. The van der Waals surface area contributed by atoms with E-state index in [0.29, 0.717) is 6.61 Å². The second-order valence-corrected chi connectivity index (χ2v) is 2.74. The lowest BCUT2D eigenvalue weighted by atomic mass is 10.7. The van der Waals surface area contributed by atoms with Gasteiger partial charge in [-0.1, -0.05) is 0 Å². The predicted octanol–water partition coefficient (Wildman–Crippen LogP) is -1.29. The third-order valence-electron chi connectivity index (χ3n) is 0.708. The molecule has 7 heavy (non-hydrogen) atoms. The number of hydrogen-bond donors (Lipinski definition) is 1. The van der Waals surface area contributed by atoms with E-state index in [2.05, 4.69) is 0 Å². The molecular weight excluding hydrogens is 108 g/mol. The highest BCUT2D eigenvalue weighted by molar-refractivity contribution is 6.11. The first-order valence-electron chi connectivity index (χ1n) is 2.53. The van der Waals surface area contributed by atoms with Crippen LogP contribution < -0.4 is 0 Å². The Bertz CT molecular complexity index is 40.7. The van der Waals surface area contributed by atoms with Gasteiger partial charge >= 0.3 is 0 Å². The second-order valence-electron chi connectivity index (χ2n) is 1.45. The van der Waals surface area contributed by atoms with Gasteiger partial charge in [-0.15, -0.1) is 0 Å². The van der Waals surface area contributed by atoms with Crippen LogP contribution in [0.3, 0.4) is 0 Å². The molecule has 0 aromatic rings. The Labute approximate surface area is 46.9 Å².